The van der Waals surface area contributed by atoms with E-state index in [1.807, 2.05) is 13.0 Å². The molecule has 0 aliphatic carbocycles. The predicted octanol–water partition coefficient (Wildman–Crippen LogP) is 0.995. The van der Waals surface area contributed by atoms with Gasteiger partial charge in [0.2, 0.25) is 5.88 Å². The van der Waals surface area contributed by atoms with Crippen LogP contribution in [-0.4, -0.2) is 26.6 Å². The summed E-state index contributed by atoms with van der Waals surface area (Å²) in [5, 5.41) is 0. The molecule has 0 bridgehead atoms. The zero-order valence-corrected chi connectivity index (χ0v) is 10.8. The van der Waals surface area contributed by atoms with E-state index in [9.17, 15) is 8.76 Å². The molecule has 1 aromatic rings. The lowest BCUT2D eigenvalue weighted by Gasteiger charge is -2.19. The first-order valence-electron chi connectivity index (χ1n) is 5.35. The minimum Gasteiger partial charge on any atom is -0.772 e. The van der Waals surface area contributed by atoms with Gasteiger partial charge in [-0.3, -0.25) is 4.21 Å². The number of pyridine rings is 1. The highest BCUT2D eigenvalue weighted by Gasteiger charge is 2.15. The SMILES string of the molecule is COc1ncccc1C(N)CC(C)CS(=O)[O-]. The van der Waals surface area contributed by atoms with Crippen LogP contribution in [0, 0.1) is 5.92 Å². The van der Waals surface area contributed by atoms with E-state index in [2.05, 4.69) is 4.98 Å². The fraction of sp³-hybridized carbons (Fsp3) is 0.545. The smallest absolute Gasteiger partial charge is 0.217 e. The normalized spacial score (nSPS) is 16.2. The van der Waals surface area contributed by atoms with E-state index in [0.29, 0.717) is 12.3 Å². The second-order valence-electron chi connectivity index (χ2n) is 4.02. The number of hydrogen-bond acceptors (Lipinski definition) is 5. The van der Waals surface area contributed by atoms with E-state index in [4.69, 9.17) is 10.5 Å². The lowest BCUT2D eigenvalue weighted by atomic mass is 9.98. The third-order valence-electron chi connectivity index (χ3n) is 2.47. The highest BCUT2D eigenvalue weighted by molar-refractivity contribution is 7.79. The molecule has 0 saturated carbocycles. The zero-order chi connectivity index (χ0) is 12.8. The van der Waals surface area contributed by atoms with Crippen molar-refractivity contribution in [1.82, 2.24) is 4.98 Å². The van der Waals surface area contributed by atoms with Crippen molar-refractivity contribution in [1.29, 1.82) is 0 Å². The van der Waals surface area contributed by atoms with Gasteiger partial charge in [0.15, 0.2) is 0 Å². The Kier molecular flexibility index (Phi) is 5.54. The average Bonchev–Trinajstić information content (AvgIpc) is 2.27. The summed E-state index contributed by atoms with van der Waals surface area (Å²) in [7, 11) is 1.54. The van der Waals surface area contributed by atoms with Gasteiger partial charge >= 0.3 is 0 Å². The van der Waals surface area contributed by atoms with Gasteiger partial charge in [-0.2, -0.15) is 0 Å². The zero-order valence-electron chi connectivity index (χ0n) is 9.96. The monoisotopic (exact) mass is 257 g/mol. The van der Waals surface area contributed by atoms with E-state index in [1.54, 1.807) is 12.3 Å². The van der Waals surface area contributed by atoms with Crippen LogP contribution in [0.15, 0.2) is 18.3 Å². The molecule has 0 aromatic carbocycles. The average molecular weight is 257 g/mol. The molecule has 6 heteroatoms. The Morgan fingerprint density at radius 2 is 2.35 bits per heavy atom. The first-order valence-corrected chi connectivity index (χ1v) is 6.59. The van der Waals surface area contributed by atoms with Crippen LogP contribution in [0.25, 0.3) is 0 Å². The largest absolute Gasteiger partial charge is 0.772 e. The van der Waals surface area contributed by atoms with E-state index in [0.717, 1.165) is 5.56 Å². The molecule has 0 saturated heterocycles. The molecule has 0 fully saturated rings. The van der Waals surface area contributed by atoms with Crippen LogP contribution in [0.1, 0.15) is 24.9 Å². The Hall–Kier alpha value is -0.980. The number of nitrogens with two attached hydrogens (primary N) is 1. The van der Waals surface area contributed by atoms with Crippen molar-refractivity contribution in [2.24, 2.45) is 11.7 Å². The molecule has 0 radical (unpaired) electrons. The molecule has 1 rings (SSSR count). The third kappa shape index (κ3) is 4.41. The Labute approximate surface area is 104 Å². The van der Waals surface area contributed by atoms with E-state index >= 15 is 0 Å². The van der Waals surface area contributed by atoms with Gasteiger partial charge in [0.25, 0.3) is 0 Å². The second-order valence-corrected chi connectivity index (χ2v) is 4.96. The minimum atomic E-state index is -2.03. The lowest BCUT2D eigenvalue weighted by molar-refractivity contribution is 0.383. The summed E-state index contributed by atoms with van der Waals surface area (Å²) in [6.45, 7) is 1.86. The quantitative estimate of drug-likeness (QED) is 0.768. The lowest BCUT2D eigenvalue weighted by Crippen LogP contribution is -2.18. The summed E-state index contributed by atoms with van der Waals surface area (Å²) in [5.41, 5.74) is 6.83. The van der Waals surface area contributed by atoms with Crippen molar-refractivity contribution >= 4 is 11.1 Å². The van der Waals surface area contributed by atoms with Crippen LogP contribution in [0.3, 0.4) is 0 Å². The van der Waals surface area contributed by atoms with E-state index < -0.39 is 11.1 Å². The van der Waals surface area contributed by atoms with Crippen molar-refractivity contribution in [3.8, 4) is 5.88 Å². The van der Waals surface area contributed by atoms with Gasteiger partial charge in [-0.1, -0.05) is 24.1 Å². The highest BCUT2D eigenvalue weighted by Crippen LogP contribution is 2.25. The summed E-state index contributed by atoms with van der Waals surface area (Å²) >= 11 is -2.03. The van der Waals surface area contributed by atoms with Gasteiger partial charge < -0.3 is 15.0 Å². The number of ether oxygens (including phenoxy) is 1. The predicted molar refractivity (Wildman–Crippen MR) is 65.3 cm³/mol. The van der Waals surface area contributed by atoms with Crippen molar-refractivity contribution in [2.75, 3.05) is 12.9 Å². The Morgan fingerprint density at radius 1 is 1.65 bits per heavy atom. The molecule has 0 aliphatic heterocycles. The van der Waals surface area contributed by atoms with Crippen molar-refractivity contribution in [3.05, 3.63) is 23.9 Å². The third-order valence-corrected chi connectivity index (χ3v) is 3.31. The van der Waals surface area contributed by atoms with Gasteiger partial charge in [-0.05, 0) is 18.4 Å². The molecule has 1 heterocycles. The molecule has 0 spiro atoms. The van der Waals surface area contributed by atoms with Crippen LogP contribution in [0.2, 0.25) is 0 Å². The molecule has 96 valence electrons. The topological polar surface area (TPSA) is 88.3 Å². The maximum Gasteiger partial charge on any atom is 0.217 e. The molecule has 1 aromatic heterocycles. The first kappa shape index (κ1) is 14.1. The molecule has 0 aliphatic rings. The van der Waals surface area contributed by atoms with Gasteiger partial charge in [0.1, 0.15) is 0 Å². The Bertz CT molecular complexity index is 387. The standard InChI is InChI=1S/C11H18N2O3S/c1-8(7-17(14)15)6-10(12)9-4-3-5-13-11(9)16-2/h3-5,8,10H,6-7,12H2,1-2H3,(H,14,15)/p-1. The van der Waals surface area contributed by atoms with Gasteiger partial charge in [0, 0.05) is 23.6 Å². The van der Waals surface area contributed by atoms with E-state index in [1.165, 1.54) is 7.11 Å². The van der Waals surface area contributed by atoms with Crippen molar-refractivity contribution < 1.29 is 13.5 Å². The summed E-state index contributed by atoms with van der Waals surface area (Å²) in [6, 6.07) is 3.36. The molecule has 2 N–H and O–H groups in total. The summed E-state index contributed by atoms with van der Waals surface area (Å²) in [6.07, 6.45) is 2.21. The summed E-state index contributed by atoms with van der Waals surface area (Å²) in [5.74, 6) is 0.625. The minimum absolute atomic E-state index is 0.00763. The fourth-order valence-corrected chi connectivity index (χ4v) is 2.32. The van der Waals surface area contributed by atoms with Crippen LogP contribution in [0.5, 0.6) is 5.88 Å². The van der Waals surface area contributed by atoms with Gasteiger partial charge in [-0.25, -0.2) is 4.98 Å². The molecule has 3 atom stereocenters. The van der Waals surface area contributed by atoms with E-state index in [-0.39, 0.29) is 17.7 Å². The Morgan fingerprint density at radius 3 is 2.94 bits per heavy atom. The van der Waals surface area contributed by atoms with Crippen LogP contribution in [-0.2, 0) is 11.1 Å². The maximum absolute atomic E-state index is 10.6. The number of nitrogens with zero attached hydrogens (tertiary/aromatic N) is 1. The summed E-state index contributed by atoms with van der Waals surface area (Å²) < 4.78 is 26.3. The van der Waals surface area contributed by atoms with Crippen LogP contribution < -0.4 is 10.5 Å². The highest BCUT2D eigenvalue weighted by atomic mass is 32.2. The molecule has 5 nitrogen and oxygen atoms in total. The Balaban J connectivity index is 2.69. The number of methoxy groups -OCH3 is 1. The second kappa shape index (κ2) is 6.68. The molecule has 3 unspecified atom stereocenters. The first-order chi connectivity index (χ1) is 8.04. The number of aromatic nitrogens is 1. The maximum atomic E-state index is 10.6. The van der Waals surface area contributed by atoms with Crippen LogP contribution in [0.4, 0.5) is 0 Å². The number of rotatable bonds is 6. The van der Waals surface area contributed by atoms with Gasteiger partial charge in [-0.15, -0.1) is 0 Å². The van der Waals surface area contributed by atoms with Crippen molar-refractivity contribution in [3.63, 3.8) is 0 Å². The molecular weight excluding hydrogens is 240 g/mol. The van der Waals surface area contributed by atoms with Gasteiger partial charge in [0.05, 0.1) is 7.11 Å². The van der Waals surface area contributed by atoms with Crippen LogP contribution >= 0.6 is 0 Å². The molecular formula is C11H17N2O3S-. The van der Waals surface area contributed by atoms with Crippen molar-refractivity contribution in [2.45, 2.75) is 19.4 Å². The fourth-order valence-electron chi connectivity index (χ4n) is 1.72. The summed E-state index contributed by atoms with van der Waals surface area (Å²) in [4.78, 5) is 4.06. The molecule has 0 amide bonds. The molecule has 17 heavy (non-hydrogen) atoms. The number of hydrogen-bond donors (Lipinski definition) is 1.